The van der Waals surface area contributed by atoms with Crippen LogP contribution in [0.15, 0.2) is 6.07 Å². The van der Waals surface area contributed by atoms with Gasteiger partial charge in [0.15, 0.2) is 11.5 Å². The summed E-state index contributed by atoms with van der Waals surface area (Å²) in [4.78, 5) is 0. The van der Waals surface area contributed by atoms with Gasteiger partial charge in [0.25, 0.3) is 0 Å². The molecule has 0 fully saturated rings. The molecule has 0 bridgehead atoms. The van der Waals surface area contributed by atoms with Crippen LogP contribution in [0, 0.1) is 0 Å². The van der Waals surface area contributed by atoms with Crippen molar-refractivity contribution in [1.82, 2.24) is 0 Å². The monoisotopic (exact) mass is 186 g/mol. The maximum Gasteiger partial charge on any atom is 0.208 e. The van der Waals surface area contributed by atoms with Crippen LogP contribution in [-0.4, -0.2) is 29.5 Å². The van der Waals surface area contributed by atoms with Crippen LogP contribution in [0.3, 0.4) is 0 Å². The van der Waals surface area contributed by atoms with Gasteiger partial charge in [-0.15, -0.1) is 0 Å². The first kappa shape index (κ1) is 9.31. The molecule has 13 heavy (non-hydrogen) atoms. The molecule has 5 nitrogen and oxygen atoms in total. The Labute approximate surface area is 74.8 Å². The summed E-state index contributed by atoms with van der Waals surface area (Å²) >= 11 is 0. The van der Waals surface area contributed by atoms with Crippen LogP contribution >= 0.6 is 0 Å². The Kier molecular flexibility index (Phi) is 2.36. The number of rotatable bonds is 2. The normalized spacial score (nSPS) is 9.69. The second-order valence-electron chi connectivity index (χ2n) is 2.33. The van der Waals surface area contributed by atoms with Gasteiger partial charge in [-0.1, -0.05) is 0 Å². The highest BCUT2D eigenvalue weighted by Gasteiger charge is 2.18. The average molecular weight is 186 g/mol. The van der Waals surface area contributed by atoms with Gasteiger partial charge in [0, 0.05) is 6.07 Å². The van der Waals surface area contributed by atoms with Crippen LogP contribution in [0.25, 0.3) is 0 Å². The van der Waals surface area contributed by atoms with E-state index in [0.717, 1.165) is 6.07 Å². The van der Waals surface area contributed by atoms with E-state index in [1.54, 1.807) is 0 Å². The van der Waals surface area contributed by atoms with E-state index < -0.39 is 5.75 Å². The SMILES string of the molecule is COc1c(O)cc(O)c(OC)c1O. The van der Waals surface area contributed by atoms with E-state index >= 15 is 0 Å². The van der Waals surface area contributed by atoms with Crippen LogP contribution < -0.4 is 9.47 Å². The van der Waals surface area contributed by atoms with Crippen molar-refractivity contribution in [3.05, 3.63) is 6.07 Å². The van der Waals surface area contributed by atoms with Gasteiger partial charge in [-0.25, -0.2) is 0 Å². The van der Waals surface area contributed by atoms with E-state index in [2.05, 4.69) is 9.47 Å². The summed E-state index contributed by atoms with van der Waals surface area (Å²) in [5.41, 5.74) is 0. The molecule has 1 aromatic rings. The number of methoxy groups -OCH3 is 2. The van der Waals surface area contributed by atoms with Crippen LogP contribution in [0.2, 0.25) is 0 Å². The third-order valence-electron chi connectivity index (χ3n) is 1.58. The molecule has 0 saturated heterocycles. The van der Waals surface area contributed by atoms with Crippen molar-refractivity contribution in [3.8, 4) is 28.7 Å². The molecule has 5 heteroatoms. The molecule has 0 saturated carbocycles. The molecule has 1 rings (SSSR count). The van der Waals surface area contributed by atoms with E-state index in [1.807, 2.05) is 0 Å². The van der Waals surface area contributed by atoms with Gasteiger partial charge in [-0.2, -0.15) is 0 Å². The molecule has 1 aromatic carbocycles. The van der Waals surface area contributed by atoms with Crippen LogP contribution in [0.4, 0.5) is 0 Å². The van der Waals surface area contributed by atoms with Crippen molar-refractivity contribution in [2.45, 2.75) is 0 Å². The van der Waals surface area contributed by atoms with Crippen molar-refractivity contribution in [2.24, 2.45) is 0 Å². The molecule has 0 aliphatic rings. The molecule has 0 spiro atoms. The Bertz CT molecular complexity index is 293. The van der Waals surface area contributed by atoms with Crippen LogP contribution in [0.1, 0.15) is 0 Å². The Morgan fingerprint density at radius 3 is 1.62 bits per heavy atom. The van der Waals surface area contributed by atoms with Crippen LogP contribution in [-0.2, 0) is 0 Å². The Balaban J connectivity index is 3.39. The summed E-state index contributed by atoms with van der Waals surface area (Å²) in [6, 6.07) is 1.03. The fourth-order valence-electron chi connectivity index (χ4n) is 1.01. The van der Waals surface area contributed by atoms with Crippen LogP contribution in [0.5, 0.6) is 28.7 Å². The van der Waals surface area contributed by atoms with Gasteiger partial charge < -0.3 is 24.8 Å². The number of phenolic OH excluding ortho intramolecular Hbond substituents is 3. The van der Waals surface area contributed by atoms with Crippen molar-refractivity contribution < 1.29 is 24.8 Å². The van der Waals surface area contributed by atoms with Crippen molar-refractivity contribution >= 4 is 0 Å². The minimum absolute atomic E-state index is 0.130. The summed E-state index contributed by atoms with van der Waals surface area (Å²) < 4.78 is 9.36. The summed E-state index contributed by atoms with van der Waals surface area (Å²) in [6.45, 7) is 0. The summed E-state index contributed by atoms with van der Waals surface area (Å²) in [5.74, 6) is -1.39. The molecule has 0 unspecified atom stereocenters. The molecule has 0 heterocycles. The molecule has 0 atom stereocenters. The number of ether oxygens (including phenoxy) is 2. The molecule has 72 valence electrons. The fraction of sp³-hybridized carbons (Fsp3) is 0.250. The zero-order valence-electron chi connectivity index (χ0n) is 7.24. The maximum atomic E-state index is 9.38. The number of phenols is 3. The van der Waals surface area contributed by atoms with Gasteiger partial charge >= 0.3 is 0 Å². The van der Waals surface area contributed by atoms with Crippen molar-refractivity contribution in [3.63, 3.8) is 0 Å². The second-order valence-corrected chi connectivity index (χ2v) is 2.33. The van der Waals surface area contributed by atoms with E-state index in [-0.39, 0.29) is 23.0 Å². The maximum absolute atomic E-state index is 9.38. The zero-order valence-corrected chi connectivity index (χ0v) is 7.24. The molecule has 0 aliphatic heterocycles. The van der Waals surface area contributed by atoms with E-state index in [1.165, 1.54) is 14.2 Å². The van der Waals surface area contributed by atoms with E-state index in [9.17, 15) is 15.3 Å². The summed E-state index contributed by atoms with van der Waals surface area (Å²) in [7, 11) is 2.57. The third kappa shape index (κ3) is 1.40. The molecule has 3 N–H and O–H groups in total. The van der Waals surface area contributed by atoms with E-state index in [0.29, 0.717) is 0 Å². The highest BCUT2D eigenvalue weighted by atomic mass is 16.5. The Hall–Kier alpha value is -1.78. The predicted octanol–water partition coefficient (Wildman–Crippen LogP) is 0.821. The van der Waals surface area contributed by atoms with Gasteiger partial charge in [0.05, 0.1) is 14.2 Å². The molecular formula is C8H10O5. The highest BCUT2D eigenvalue weighted by molar-refractivity contribution is 5.63. The quantitative estimate of drug-likeness (QED) is 0.637. The first-order valence-corrected chi connectivity index (χ1v) is 3.47. The minimum atomic E-state index is -0.428. The van der Waals surface area contributed by atoms with Gasteiger partial charge in [0.2, 0.25) is 17.2 Å². The van der Waals surface area contributed by atoms with Gasteiger partial charge in [-0.05, 0) is 0 Å². The number of benzene rings is 1. The Morgan fingerprint density at radius 2 is 1.31 bits per heavy atom. The van der Waals surface area contributed by atoms with Gasteiger partial charge in [0.1, 0.15) is 0 Å². The molecular weight excluding hydrogens is 176 g/mol. The lowest BCUT2D eigenvalue weighted by molar-refractivity contribution is 0.308. The highest BCUT2D eigenvalue weighted by Crippen LogP contribution is 2.48. The topological polar surface area (TPSA) is 79.2 Å². The first-order valence-electron chi connectivity index (χ1n) is 3.47. The average Bonchev–Trinajstić information content (AvgIpc) is 2.04. The molecule has 0 amide bonds. The lowest BCUT2D eigenvalue weighted by atomic mass is 10.2. The smallest absolute Gasteiger partial charge is 0.208 e. The Morgan fingerprint density at radius 1 is 0.923 bits per heavy atom. The molecule has 0 aromatic heterocycles. The fourth-order valence-corrected chi connectivity index (χ4v) is 1.01. The first-order chi connectivity index (χ1) is 6.11. The van der Waals surface area contributed by atoms with Crippen molar-refractivity contribution in [2.75, 3.05) is 14.2 Å². The standard InChI is InChI=1S/C8H10O5/c1-12-7-4(9)3-5(10)8(13-2)6(7)11/h3,9-11H,1-2H3. The lowest BCUT2D eigenvalue weighted by Gasteiger charge is -2.10. The van der Waals surface area contributed by atoms with E-state index in [4.69, 9.17) is 0 Å². The largest absolute Gasteiger partial charge is 0.504 e. The molecule has 0 radical (unpaired) electrons. The lowest BCUT2D eigenvalue weighted by Crippen LogP contribution is -1.89. The number of hydrogen-bond acceptors (Lipinski definition) is 5. The molecule has 0 aliphatic carbocycles. The number of aromatic hydroxyl groups is 3. The number of hydrogen-bond donors (Lipinski definition) is 3. The predicted molar refractivity (Wildman–Crippen MR) is 44.5 cm³/mol. The van der Waals surface area contributed by atoms with Gasteiger partial charge in [-0.3, -0.25) is 0 Å². The summed E-state index contributed by atoms with van der Waals surface area (Å²) in [5, 5.41) is 27.8. The minimum Gasteiger partial charge on any atom is -0.504 e. The third-order valence-corrected chi connectivity index (χ3v) is 1.58. The summed E-state index contributed by atoms with van der Waals surface area (Å²) in [6.07, 6.45) is 0. The second kappa shape index (κ2) is 3.30. The zero-order chi connectivity index (χ0) is 10.0. The van der Waals surface area contributed by atoms with Crippen molar-refractivity contribution in [1.29, 1.82) is 0 Å².